The van der Waals surface area contributed by atoms with Crippen LogP contribution in [-0.4, -0.2) is 49.2 Å². The van der Waals surface area contributed by atoms with Crippen LogP contribution in [0.5, 0.6) is 5.75 Å². The third-order valence-electron chi connectivity index (χ3n) is 4.00. The quantitative estimate of drug-likeness (QED) is 0.601. The lowest BCUT2D eigenvalue weighted by molar-refractivity contribution is -0.127. The van der Waals surface area contributed by atoms with E-state index >= 15 is 0 Å². The lowest BCUT2D eigenvalue weighted by Gasteiger charge is -2.13. The van der Waals surface area contributed by atoms with Gasteiger partial charge in [0.25, 0.3) is 10.0 Å². The van der Waals surface area contributed by atoms with E-state index in [4.69, 9.17) is 4.74 Å². The Bertz CT molecular complexity index is 1080. The molecule has 0 saturated carbocycles. The van der Waals surface area contributed by atoms with Gasteiger partial charge in [0.05, 0.1) is 7.11 Å². The van der Waals surface area contributed by atoms with Crippen LogP contribution in [-0.2, 0) is 19.6 Å². The minimum atomic E-state index is -3.94. The molecule has 2 aromatic rings. The maximum atomic E-state index is 12.8. The van der Waals surface area contributed by atoms with Crippen LogP contribution >= 0.6 is 23.1 Å². The predicted octanol–water partition coefficient (Wildman–Crippen LogP) is 2.96. The number of amides is 2. The van der Waals surface area contributed by atoms with Gasteiger partial charge in [-0.1, -0.05) is 30.0 Å². The number of hydrogen-bond acceptors (Lipinski definition) is 7. The summed E-state index contributed by atoms with van der Waals surface area (Å²) >= 11 is 2.00. The molecule has 8 nitrogen and oxygen atoms in total. The van der Waals surface area contributed by atoms with Gasteiger partial charge in [0.15, 0.2) is 5.17 Å². The number of nitrogens with one attached hydrogen (secondary N) is 1. The number of carbonyl (C=O) groups is 2. The number of methoxy groups -OCH3 is 1. The highest BCUT2D eigenvalue weighted by Gasteiger charge is 2.39. The topological polar surface area (TPSA) is 105 Å². The number of benzene rings is 1. The number of rotatable bonds is 8. The summed E-state index contributed by atoms with van der Waals surface area (Å²) in [6.07, 6.45) is 1.34. The molecule has 158 valence electrons. The van der Waals surface area contributed by atoms with Crippen molar-refractivity contribution in [3.63, 3.8) is 0 Å². The number of thiophene rings is 1. The monoisotopic (exact) mass is 465 g/mol. The van der Waals surface area contributed by atoms with E-state index in [0.717, 1.165) is 23.1 Å². The summed E-state index contributed by atoms with van der Waals surface area (Å²) in [5.74, 6) is -0.180. The minimum Gasteiger partial charge on any atom is -0.497 e. The second-order valence-corrected chi connectivity index (χ2v) is 10.1. The first-order chi connectivity index (χ1) is 14.3. The minimum absolute atomic E-state index is 0.0347. The van der Waals surface area contributed by atoms with Crippen molar-refractivity contribution < 1.29 is 22.7 Å². The Morgan fingerprint density at radius 2 is 2.17 bits per heavy atom. The number of thioether (sulfide) groups is 1. The van der Waals surface area contributed by atoms with E-state index in [0.29, 0.717) is 11.4 Å². The second-order valence-electron chi connectivity index (χ2n) is 6.11. The second kappa shape index (κ2) is 9.45. The summed E-state index contributed by atoms with van der Waals surface area (Å²) in [4.78, 5) is 26.4. The first kappa shape index (κ1) is 22.1. The van der Waals surface area contributed by atoms with E-state index < -0.39 is 15.3 Å². The van der Waals surface area contributed by atoms with Crippen LogP contribution in [0.2, 0.25) is 0 Å². The summed E-state index contributed by atoms with van der Waals surface area (Å²) in [6.45, 7) is 3.70. The molecule has 1 fully saturated rings. The lowest BCUT2D eigenvalue weighted by atomic mass is 10.2. The molecule has 1 saturated heterocycles. The van der Waals surface area contributed by atoms with Crippen LogP contribution in [0.25, 0.3) is 0 Å². The SMILES string of the molecule is C=CCN1C(=O)[C@@H](CC(=O)Nc2cccc(OC)c2)SC1=NS(=O)(=O)c1cccs1. The summed E-state index contributed by atoms with van der Waals surface area (Å²) in [6, 6.07) is 9.90. The van der Waals surface area contributed by atoms with E-state index in [1.165, 1.54) is 24.2 Å². The Morgan fingerprint density at radius 3 is 2.83 bits per heavy atom. The van der Waals surface area contributed by atoms with Crippen molar-refractivity contribution in [2.45, 2.75) is 15.9 Å². The molecule has 1 N–H and O–H groups in total. The van der Waals surface area contributed by atoms with Crippen LogP contribution < -0.4 is 10.1 Å². The molecular formula is C19H19N3O5S3. The van der Waals surface area contributed by atoms with Gasteiger partial charge in [0, 0.05) is 24.7 Å². The number of ether oxygens (including phenoxy) is 1. The van der Waals surface area contributed by atoms with Crippen LogP contribution in [0.15, 0.2) is 63.0 Å². The number of sulfonamides is 1. The molecule has 1 aliphatic heterocycles. The highest BCUT2D eigenvalue weighted by atomic mass is 32.2. The molecule has 0 aliphatic carbocycles. The lowest BCUT2D eigenvalue weighted by Crippen LogP contribution is -2.33. The first-order valence-corrected chi connectivity index (χ1v) is 12.0. The largest absolute Gasteiger partial charge is 0.497 e. The van der Waals surface area contributed by atoms with Crippen LogP contribution in [0, 0.1) is 0 Å². The number of nitrogens with zero attached hydrogens (tertiary/aromatic N) is 2. The van der Waals surface area contributed by atoms with Crippen molar-refractivity contribution in [2.75, 3.05) is 19.0 Å². The van der Waals surface area contributed by atoms with Crippen molar-refractivity contribution in [1.82, 2.24) is 4.90 Å². The van der Waals surface area contributed by atoms with Gasteiger partial charge in [-0.05, 0) is 23.6 Å². The van der Waals surface area contributed by atoms with E-state index in [1.54, 1.807) is 35.7 Å². The zero-order chi connectivity index (χ0) is 21.7. The molecule has 3 rings (SSSR count). The molecule has 0 spiro atoms. The maximum absolute atomic E-state index is 12.8. The van der Waals surface area contributed by atoms with Gasteiger partial charge in [-0.3, -0.25) is 14.5 Å². The fraction of sp³-hybridized carbons (Fsp3) is 0.211. The van der Waals surface area contributed by atoms with Gasteiger partial charge in [0.2, 0.25) is 11.8 Å². The van der Waals surface area contributed by atoms with Crippen molar-refractivity contribution >= 4 is 55.8 Å². The molecular weight excluding hydrogens is 446 g/mol. The molecule has 1 aromatic heterocycles. The number of amidine groups is 1. The molecule has 1 aromatic carbocycles. The fourth-order valence-corrected chi connectivity index (χ4v) is 5.98. The third kappa shape index (κ3) is 5.10. The van der Waals surface area contributed by atoms with Crippen molar-refractivity contribution in [1.29, 1.82) is 0 Å². The maximum Gasteiger partial charge on any atom is 0.294 e. The fourth-order valence-electron chi connectivity index (χ4n) is 2.65. The molecule has 0 radical (unpaired) electrons. The average Bonchev–Trinajstić information content (AvgIpc) is 3.34. The Morgan fingerprint density at radius 1 is 1.37 bits per heavy atom. The molecule has 11 heteroatoms. The van der Waals surface area contributed by atoms with Crippen LogP contribution in [0.1, 0.15) is 6.42 Å². The standard InChI is InChI=1S/C19H19N3O5S3/c1-3-9-22-18(24)15(12-16(23)20-13-6-4-7-14(11-13)27-2)29-19(22)21-30(25,26)17-8-5-10-28-17/h3-8,10-11,15H,1,9,12H2,2H3,(H,20,23)/t15-/m1/s1. The number of carbonyl (C=O) groups excluding carboxylic acids is 2. The van der Waals surface area contributed by atoms with E-state index in [1.807, 2.05) is 0 Å². The van der Waals surface area contributed by atoms with E-state index in [2.05, 4.69) is 16.3 Å². The summed E-state index contributed by atoms with van der Waals surface area (Å²) in [5, 5.41) is 3.60. The van der Waals surface area contributed by atoms with E-state index in [-0.39, 0.29) is 34.2 Å². The molecule has 30 heavy (non-hydrogen) atoms. The van der Waals surface area contributed by atoms with Gasteiger partial charge in [-0.25, -0.2) is 0 Å². The van der Waals surface area contributed by atoms with Crippen molar-refractivity contribution in [3.05, 3.63) is 54.4 Å². The Kier molecular flexibility index (Phi) is 6.95. The first-order valence-electron chi connectivity index (χ1n) is 8.75. The third-order valence-corrected chi connectivity index (χ3v) is 7.93. The Hall–Kier alpha value is -2.63. The normalized spacial score (nSPS) is 17.9. The number of hydrogen-bond donors (Lipinski definition) is 1. The molecule has 1 aliphatic rings. The van der Waals surface area contributed by atoms with Crippen LogP contribution in [0.4, 0.5) is 5.69 Å². The molecule has 2 heterocycles. The zero-order valence-electron chi connectivity index (χ0n) is 16.0. The highest BCUT2D eigenvalue weighted by Crippen LogP contribution is 2.32. The van der Waals surface area contributed by atoms with Crippen LogP contribution in [0.3, 0.4) is 0 Å². The summed E-state index contributed by atoms with van der Waals surface area (Å²) in [5.41, 5.74) is 0.534. The van der Waals surface area contributed by atoms with Crippen molar-refractivity contribution in [3.8, 4) is 5.75 Å². The van der Waals surface area contributed by atoms with Crippen molar-refractivity contribution in [2.24, 2.45) is 4.40 Å². The average molecular weight is 466 g/mol. The Labute approximate surface area is 182 Å². The molecule has 1 atom stereocenters. The molecule has 2 amide bonds. The molecule has 0 unspecified atom stereocenters. The van der Waals surface area contributed by atoms with Gasteiger partial charge in [-0.2, -0.15) is 8.42 Å². The van der Waals surface area contributed by atoms with Gasteiger partial charge in [0.1, 0.15) is 15.2 Å². The Balaban J connectivity index is 1.76. The predicted molar refractivity (Wildman–Crippen MR) is 118 cm³/mol. The van der Waals surface area contributed by atoms with Gasteiger partial charge >= 0.3 is 0 Å². The zero-order valence-corrected chi connectivity index (χ0v) is 18.4. The number of anilines is 1. The van der Waals surface area contributed by atoms with Gasteiger partial charge in [-0.15, -0.1) is 22.3 Å². The smallest absolute Gasteiger partial charge is 0.294 e. The summed E-state index contributed by atoms with van der Waals surface area (Å²) in [7, 11) is -2.42. The summed E-state index contributed by atoms with van der Waals surface area (Å²) < 4.78 is 34.0. The van der Waals surface area contributed by atoms with Gasteiger partial charge < -0.3 is 10.1 Å². The highest BCUT2D eigenvalue weighted by molar-refractivity contribution is 8.16. The van der Waals surface area contributed by atoms with E-state index in [9.17, 15) is 18.0 Å². The molecule has 0 bridgehead atoms.